The quantitative estimate of drug-likeness (QED) is 0.0431. The number of unbranched alkanes of at least 4 members (excludes halogenated alkanes) is 1. The van der Waals surface area contributed by atoms with E-state index < -0.39 is 47.9 Å². The lowest BCUT2D eigenvalue weighted by molar-refractivity contribution is -0.141. The summed E-state index contributed by atoms with van der Waals surface area (Å²) in [4.78, 5) is 54.2. The molecule has 0 saturated carbocycles. The summed E-state index contributed by atoms with van der Waals surface area (Å²) >= 11 is 3.96. The van der Waals surface area contributed by atoms with Crippen LogP contribution in [0.4, 0.5) is 0 Å². The zero-order chi connectivity index (χ0) is 28.5. The van der Waals surface area contributed by atoms with E-state index in [9.17, 15) is 24.3 Å². The zero-order valence-electron chi connectivity index (χ0n) is 21.3. The highest BCUT2D eigenvalue weighted by Crippen LogP contribution is 2.08. The highest BCUT2D eigenvalue weighted by molar-refractivity contribution is 7.80. The molecule has 4 unspecified atom stereocenters. The van der Waals surface area contributed by atoms with Gasteiger partial charge in [-0.3, -0.25) is 19.4 Å². The van der Waals surface area contributed by atoms with Crippen LogP contribution < -0.4 is 38.9 Å². The summed E-state index contributed by atoms with van der Waals surface area (Å²) in [5.74, 6) is -3.26. The lowest BCUT2D eigenvalue weighted by Gasteiger charge is -2.25. The Kier molecular flexibility index (Phi) is 15.5. The van der Waals surface area contributed by atoms with Gasteiger partial charge in [-0.15, -0.1) is 0 Å². The van der Waals surface area contributed by atoms with Crippen LogP contribution in [0.2, 0.25) is 0 Å². The van der Waals surface area contributed by atoms with E-state index in [0.717, 1.165) is 5.56 Å². The second kappa shape index (κ2) is 18.0. The number of aliphatic carboxylic acids is 1. The highest BCUT2D eigenvalue weighted by atomic mass is 32.1. The van der Waals surface area contributed by atoms with Crippen LogP contribution in [-0.4, -0.2) is 77.8 Å². The Labute approximate surface area is 228 Å². The second-order valence-electron chi connectivity index (χ2n) is 8.73. The molecule has 13 nitrogen and oxygen atoms in total. The molecule has 0 radical (unpaired) electrons. The van der Waals surface area contributed by atoms with Gasteiger partial charge >= 0.3 is 5.97 Å². The van der Waals surface area contributed by atoms with Crippen molar-refractivity contribution in [3.8, 4) is 0 Å². The molecule has 0 aliphatic heterocycles. The van der Waals surface area contributed by atoms with Crippen molar-refractivity contribution in [2.75, 3.05) is 18.8 Å². The summed E-state index contributed by atoms with van der Waals surface area (Å²) in [6.45, 7) is 0.699. The predicted octanol–water partition coefficient (Wildman–Crippen LogP) is -1.79. The van der Waals surface area contributed by atoms with Crippen molar-refractivity contribution in [3.63, 3.8) is 0 Å². The minimum atomic E-state index is -1.25. The Morgan fingerprint density at radius 3 is 2.05 bits per heavy atom. The molecule has 212 valence electrons. The third kappa shape index (κ3) is 12.7. The van der Waals surface area contributed by atoms with E-state index in [1.54, 1.807) is 24.3 Å². The maximum Gasteiger partial charge on any atom is 0.327 e. The second-order valence-corrected chi connectivity index (χ2v) is 9.10. The van der Waals surface area contributed by atoms with Crippen LogP contribution in [0.15, 0.2) is 35.3 Å². The van der Waals surface area contributed by atoms with Crippen molar-refractivity contribution in [2.45, 2.75) is 62.7 Å². The van der Waals surface area contributed by atoms with Crippen LogP contribution in [-0.2, 0) is 25.6 Å². The van der Waals surface area contributed by atoms with E-state index in [2.05, 4.69) is 33.6 Å². The number of amides is 3. The lowest BCUT2D eigenvalue weighted by Crippen LogP contribution is -2.57. The smallest absolute Gasteiger partial charge is 0.327 e. The number of benzene rings is 1. The molecule has 3 amide bonds. The molecule has 0 aliphatic rings. The Morgan fingerprint density at radius 1 is 0.868 bits per heavy atom. The summed E-state index contributed by atoms with van der Waals surface area (Å²) in [7, 11) is 0. The number of hydrogen-bond acceptors (Lipinski definition) is 8. The molecule has 1 rings (SSSR count). The van der Waals surface area contributed by atoms with Crippen LogP contribution in [0.1, 0.15) is 37.7 Å². The number of carboxylic acids is 1. The third-order valence-corrected chi connectivity index (χ3v) is 5.96. The standard InChI is InChI=1S/C24H40N8O5S/c25-11-5-4-10-17(21(34)32-19(14-38)23(36)37)30-22(35)18(13-15-7-2-1-3-8-15)31-20(33)16(26)9-6-12-29-24(27)28/h1-3,7-8,16-19,38H,4-6,9-14,25-26H2,(H,30,35)(H,31,33)(H,32,34)(H,36,37)(H4,27,28,29). The van der Waals surface area contributed by atoms with Crippen LogP contribution in [0.3, 0.4) is 0 Å². The van der Waals surface area contributed by atoms with E-state index in [4.69, 9.17) is 22.9 Å². The van der Waals surface area contributed by atoms with Gasteiger partial charge in [0, 0.05) is 18.7 Å². The molecule has 1 aromatic rings. The fourth-order valence-corrected chi connectivity index (χ4v) is 3.73. The summed E-state index contributed by atoms with van der Waals surface area (Å²) < 4.78 is 0. The number of carbonyl (C=O) groups is 4. The molecule has 38 heavy (non-hydrogen) atoms. The van der Waals surface area contributed by atoms with Gasteiger partial charge in [0.15, 0.2) is 5.96 Å². The number of nitrogens with two attached hydrogens (primary N) is 4. The first kappa shape index (κ1) is 32.7. The van der Waals surface area contributed by atoms with Crippen molar-refractivity contribution < 1.29 is 24.3 Å². The monoisotopic (exact) mass is 552 g/mol. The Balaban J connectivity index is 3.01. The topological polar surface area (TPSA) is 241 Å². The van der Waals surface area contributed by atoms with Crippen molar-refractivity contribution in [2.24, 2.45) is 27.9 Å². The van der Waals surface area contributed by atoms with Gasteiger partial charge < -0.3 is 44.0 Å². The average molecular weight is 553 g/mol. The molecule has 0 saturated heterocycles. The van der Waals surface area contributed by atoms with Crippen molar-refractivity contribution in [1.29, 1.82) is 0 Å². The van der Waals surface area contributed by atoms with Crippen LogP contribution in [0, 0.1) is 0 Å². The van der Waals surface area contributed by atoms with E-state index in [1.165, 1.54) is 0 Å². The number of nitrogens with zero attached hydrogens (tertiary/aromatic N) is 1. The van der Waals surface area contributed by atoms with Gasteiger partial charge in [-0.1, -0.05) is 30.3 Å². The SMILES string of the molecule is NCCCCC(NC(=O)C(Cc1ccccc1)NC(=O)C(N)CCCN=C(N)N)C(=O)NC(CS)C(=O)O. The van der Waals surface area contributed by atoms with Gasteiger partial charge in [-0.25, -0.2) is 4.79 Å². The van der Waals surface area contributed by atoms with Gasteiger partial charge in [0.1, 0.15) is 18.1 Å². The van der Waals surface area contributed by atoms with Gasteiger partial charge in [-0.2, -0.15) is 12.6 Å². The number of nitrogens with one attached hydrogen (secondary N) is 3. The van der Waals surface area contributed by atoms with Gasteiger partial charge in [-0.05, 0) is 44.2 Å². The lowest BCUT2D eigenvalue weighted by atomic mass is 10.0. The molecule has 0 bridgehead atoms. The fraction of sp³-hybridized carbons (Fsp3) is 0.542. The van der Waals surface area contributed by atoms with Crippen LogP contribution in [0.5, 0.6) is 0 Å². The van der Waals surface area contributed by atoms with Crippen molar-refractivity contribution in [1.82, 2.24) is 16.0 Å². The molecule has 0 aliphatic carbocycles. The van der Waals surface area contributed by atoms with E-state index >= 15 is 0 Å². The summed E-state index contributed by atoms with van der Waals surface area (Å²) in [5.41, 5.74) is 22.9. The van der Waals surface area contributed by atoms with Crippen LogP contribution in [0.25, 0.3) is 0 Å². The first-order chi connectivity index (χ1) is 18.1. The normalized spacial score (nSPS) is 13.9. The maximum atomic E-state index is 13.3. The molecule has 0 heterocycles. The summed E-state index contributed by atoms with van der Waals surface area (Å²) in [6.07, 6.45) is 2.24. The number of carbonyl (C=O) groups excluding carboxylic acids is 3. The van der Waals surface area contributed by atoms with E-state index in [0.29, 0.717) is 32.4 Å². The molecule has 0 spiro atoms. The largest absolute Gasteiger partial charge is 0.480 e. The molecule has 0 aromatic heterocycles. The maximum absolute atomic E-state index is 13.3. The molecular weight excluding hydrogens is 512 g/mol. The highest BCUT2D eigenvalue weighted by Gasteiger charge is 2.30. The van der Waals surface area contributed by atoms with Crippen LogP contribution >= 0.6 is 12.6 Å². The zero-order valence-corrected chi connectivity index (χ0v) is 22.2. The molecule has 14 heteroatoms. The van der Waals surface area contributed by atoms with Crippen molar-refractivity contribution in [3.05, 3.63) is 35.9 Å². The number of thiol groups is 1. The third-order valence-electron chi connectivity index (χ3n) is 5.60. The van der Waals surface area contributed by atoms with E-state index in [-0.39, 0.29) is 31.0 Å². The molecule has 4 atom stereocenters. The minimum absolute atomic E-state index is 0.0586. The minimum Gasteiger partial charge on any atom is -0.480 e. The Morgan fingerprint density at radius 2 is 1.47 bits per heavy atom. The Hall–Kier alpha value is -3.36. The summed E-state index contributed by atoms with van der Waals surface area (Å²) in [6, 6.07) is 4.80. The predicted molar refractivity (Wildman–Crippen MR) is 148 cm³/mol. The first-order valence-electron chi connectivity index (χ1n) is 12.4. The summed E-state index contributed by atoms with van der Waals surface area (Å²) in [5, 5.41) is 17.0. The number of hydrogen-bond donors (Lipinski definition) is 9. The number of aliphatic imine (C=N–C) groups is 1. The van der Waals surface area contributed by atoms with E-state index in [1.807, 2.05) is 6.07 Å². The molecular formula is C24H40N8O5S. The molecule has 12 N–H and O–H groups in total. The van der Waals surface area contributed by atoms with Gasteiger partial charge in [0.25, 0.3) is 0 Å². The Bertz CT molecular complexity index is 930. The molecule has 0 fully saturated rings. The number of carboxylic acid groups (broad SMARTS) is 1. The average Bonchev–Trinajstić information content (AvgIpc) is 2.88. The fourth-order valence-electron chi connectivity index (χ4n) is 3.48. The van der Waals surface area contributed by atoms with Gasteiger partial charge in [0.05, 0.1) is 6.04 Å². The number of guanidine groups is 1. The number of rotatable bonds is 18. The van der Waals surface area contributed by atoms with Gasteiger partial charge in [0.2, 0.25) is 17.7 Å². The molecule has 1 aromatic carbocycles. The first-order valence-corrected chi connectivity index (χ1v) is 13.0. The van der Waals surface area contributed by atoms with Crippen molar-refractivity contribution >= 4 is 42.3 Å².